The number of ether oxygens (including phenoxy) is 1. The molecule has 1 saturated heterocycles. The van der Waals surface area contributed by atoms with Crippen LogP contribution in [0.25, 0.3) is 16.0 Å². The maximum atomic E-state index is 13.3. The summed E-state index contributed by atoms with van der Waals surface area (Å²) in [5.74, 6) is -0.798. The zero-order valence-corrected chi connectivity index (χ0v) is 20.1. The van der Waals surface area contributed by atoms with Crippen LogP contribution in [0, 0.1) is 6.92 Å². The molecule has 170 valence electrons. The molecule has 2 atom stereocenters. The molecule has 0 radical (unpaired) electrons. The second-order valence-corrected chi connectivity index (χ2v) is 10.6. The van der Waals surface area contributed by atoms with Crippen LogP contribution < -0.4 is 9.64 Å². The van der Waals surface area contributed by atoms with Crippen LogP contribution in [0.1, 0.15) is 34.5 Å². The molecule has 2 aliphatic heterocycles. The first-order chi connectivity index (χ1) is 16.4. The van der Waals surface area contributed by atoms with E-state index < -0.39 is 17.7 Å². The number of Topliss-reactive ketones (excluding diaryl/α,β-unsaturated/α-hetero) is 1. The highest BCUT2D eigenvalue weighted by Crippen LogP contribution is 2.46. The third kappa shape index (κ3) is 3.25. The molecule has 1 fully saturated rings. The second kappa shape index (κ2) is 7.78. The van der Waals surface area contributed by atoms with Gasteiger partial charge in [-0.1, -0.05) is 23.5 Å². The minimum Gasteiger partial charge on any atom is -0.507 e. The number of hydrogen-bond donors (Lipinski definition) is 1. The highest BCUT2D eigenvalue weighted by molar-refractivity contribution is 7.22. The lowest BCUT2D eigenvalue weighted by molar-refractivity contribution is -0.132. The molecule has 2 aromatic carbocycles. The Morgan fingerprint density at radius 1 is 1.18 bits per heavy atom. The van der Waals surface area contributed by atoms with E-state index in [-0.39, 0.29) is 17.4 Å². The number of rotatable bonds is 3. The van der Waals surface area contributed by atoms with Gasteiger partial charge in [-0.25, -0.2) is 4.98 Å². The topological polar surface area (TPSA) is 79.7 Å². The lowest BCUT2D eigenvalue weighted by Crippen LogP contribution is -2.28. The molecule has 1 amide bonds. The first-order valence-electron chi connectivity index (χ1n) is 10.9. The number of aliphatic hydroxyl groups is 1. The van der Waals surface area contributed by atoms with E-state index in [1.807, 2.05) is 55.6 Å². The lowest BCUT2D eigenvalue weighted by atomic mass is 9.98. The zero-order chi connectivity index (χ0) is 23.6. The maximum absolute atomic E-state index is 13.3. The fourth-order valence-corrected chi connectivity index (χ4v) is 6.51. The molecule has 8 heteroatoms. The number of amides is 1. The molecular weight excluding hydrogens is 468 g/mol. The number of thiazole rings is 1. The fraction of sp³-hybridized carbons (Fsp3) is 0.192. The van der Waals surface area contributed by atoms with Crippen molar-refractivity contribution in [2.45, 2.75) is 32.4 Å². The second-order valence-electron chi connectivity index (χ2n) is 8.61. The third-order valence-corrected chi connectivity index (χ3v) is 8.11. The Morgan fingerprint density at radius 3 is 2.82 bits per heavy atom. The number of benzene rings is 2. The first kappa shape index (κ1) is 21.1. The first-order valence-corrected chi connectivity index (χ1v) is 12.6. The SMILES string of the molecule is Cc1ccc2nc(N3C(=O)C(=O)C(=C(O)c4ccc5c(c4)CC(C)O5)C3c3cccs3)sc2c1. The molecule has 0 bridgehead atoms. The highest BCUT2D eigenvalue weighted by Gasteiger charge is 2.48. The van der Waals surface area contributed by atoms with Crippen LogP contribution in [0.3, 0.4) is 0 Å². The van der Waals surface area contributed by atoms with Crippen LogP contribution in [0.15, 0.2) is 59.5 Å². The minimum atomic E-state index is -0.745. The van der Waals surface area contributed by atoms with E-state index in [2.05, 4.69) is 4.98 Å². The van der Waals surface area contributed by atoms with Gasteiger partial charge < -0.3 is 9.84 Å². The Bertz CT molecular complexity index is 1500. The molecule has 6 rings (SSSR count). The van der Waals surface area contributed by atoms with E-state index in [0.717, 1.165) is 38.4 Å². The molecule has 0 spiro atoms. The average molecular weight is 489 g/mol. The summed E-state index contributed by atoms with van der Waals surface area (Å²) < 4.78 is 6.70. The van der Waals surface area contributed by atoms with Gasteiger partial charge in [0.15, 0.2) is 5.13 Å². The number of fused-ring (bicyclic) bond motifs is 2. The molecule has 34 heavy (non-hydrogen) atoms. The Hall–Kier alpha value is -3.49. The van der Waals surface area contributed by atoms with Crippen molar-refractivity contribution in [2.24, 2.45) is 0 Å². The molecule has 0 aliphatic carbocycles. The quantitative estimate of drug-likeness (QED) is 0.230. The summed E-state index contributed by atoms with van der Waals surface area (Å²) in [5.41, 5.74) is 3.41. The van der Waals surface area contributed by atoms with E-state index in [9.17, 15) is 14.7 Å². The van der Waals surface area contributed by atoms with Gasteiger partial charge in [0.2, 0.25) is 0 Å². The van der Waals surface area contributed by atoms with Crippen LogP contribution in [0.2, 0.25) is 0 Å². The molecule has 4 aromatic rings. The fourth-order valence-electron chi connectivity index (χ4n) is 4.59. The van der Waals surface area contributed by atoms with Gasteiger partial charge in [-0.2, -0.15) is 0 Å². The van der Waals surface area contributed by atoms with Crippen molar-refractivity contribution >= 4 is 55.5 Å². The van der Waals surface area contributed by atoms with Gasteiger partial charge in [-0.15, -0.1) is 11.3 Å². The van der Waals surface area contributed by atoms with Crippen molar-refractivity contribution in [2.75, 3.05) is 4.90 Å². The maximum Gasteiger partial charge on any atom is 0.301 e. The zero-order valence-electron chi connectivity index (χ0n) is 18.4. The minimum absolute atomic E-state index is 0.0618. The van der Waals surface area contributed by atoms with E-state index in [1.165, 1.54) is 27.6 Å². The summed E-state index contributed by atoms with van der Waals surface area (Å²) in [6.07, 6.45) is 0.788. The van der Waals surface area contributed by atoms with E-state index >= 15 is 0 Å². The van der Waals surface area contributed by atoms with Crippen LogP contribution in [-0.2, 0) is 16.0 Å². The largest absolute Gasteiger partial charge is 0.507 e. The van der Waals surface area contributed by atoms with E-state index in [0.29, 0.717) is 10.7 Å². The van der Waals surface area contributed by atoms with Crippen LogP contribution in [0.4, 0.5) is 5.13 Å². The number of carbonyl (C=O) groups excluding carboxylic acids is 2. The number of hydrogen-bond acceptors (Lipinski definition) is 7. The highest BCUT2D eigenvalue weighted by atomic mass is 32.1. The van der Waals surface area contributed by atoms with Crippen molar-refractivity contribution in [3.63, 3.8) is 0 Å². The van der Waals surface area contributed by atoms with Gasteiger partial charge in [0, 0.05) is 16.9 Å². The number of aryl methyl sites for hydroxylation is 1. The summed E-state index contributed by atoms with van der Waals surface area (Å²) in [7, 11) is 0. The summed E-state index contributed by atoms with van der Waals surface area (Å²) in [4.78, 5) is 33.5. The van der Waals surface area contributed by atoms with E-state index in [1.54, 1.807) is 12.1 Å². The molecule has 2 aromatic heterocycles. The monoisotopic (exact) mass is 488 g/mol. The molecule has 0 saturated carbocycles. The summed E-state index contributed by atoms with van der Waals surface area (Å²) >= 11 is 2.80. The summed E-state index contributed by atoms with van der Waals surface area (Å²) in [6, 6.07) is 14.3. The van der Waals surface area contributed by atoms with Crippen LogP contribution >= 0.6 is 22.7 Å². The van der Waals surface area contributed by atoms with Crippen molar-refractivity contribution < 1.29 is 19.4 Å². The Kier molecular flexibility index (Phi) is 4.82. The molecule has 6 nitrogen and oxygen atoms in total. The summed E-state index contributed by atoms with van der Waals surface area (Å²) in [5, 5.41) is 13.7. The van der Waals surface area contributed by atoms with Crippen molar-refractivity contribution in [1.29, 1.82) is 0 Å². The third-order valence-electron chi connectivity index (χ3n) is 6.17. The number of anilines is 1. The van der Waals surface area contributed by atoms with Crippen molar-refractivity contribution in [3.05, 3.63) is 81.1 Å². The molecule has 1 N–H and O–H groups in total. The summed E-state index contributed by atoms with van der Waals surface area (Å²) in [6.45, 7) is 3.99. The number of thiophene rings is 1. The number of nitrogens with zero attached hydrogens (tertiary/aromatic N) is 2. The van der Waals surface area contributed by atoms with Gasteiger partial charge in [-0.05, 0) is 66.8 Å². The standard InChI is InChI=1S/C26H20N2O4S2/c1-13-5-7-17-20(10-13)34-26(27-17)28-22(19-4-3-9-33-19)21(24(30)25(28)31)23(29)15-6-8-18-16(12-15)11-14(2)32-18/h3-10,12,14,22,29H,11H2,1-2H3. The average Bonchev–Trinajstić information content (AvgIpc) is 3.58. The molecule has 2 unspecified atom stereocenters. The van der Waals surface area contributed by atoms with Crippen LogP contribution in [-0.4, -0.2) is 27.9 Å². The number of aromatic nitrogens is 1. The van der Waals surface area contributed by atoms with Gasteiger partial charge in [0.25, 0.3) is 5.78 Å². The van der Waals surface area contributed by atoms with Crippen LogP contribution in [0.5, 0.6) is 5.75 Å². The van der Waals surface area contributed by atoms with E-state index in [4.69, 9.17) is 4.74 Å². The molecular formula is C26H20N2O4S2. The number of carbonyl (C=O) groups is 2. The predicted molar refractivity (Wildman–Crippen MR) is 134 cm³/mol. The van der Waals surface area contributed by atoms with Crippen molar-refractivity contribution in [1.82, 2.24) is 4.98 Å². The van der Waals surface area contributed by atoms with Gasteiger partial charge in [0.1, 0.15) is 23.7 Å². The number of aliphatic hydroxyl groups excluding tert-OH is 1. The molecule has 4 heterocycles. The van der Waals surface area contributed by atoms with Crippen molar-refractivity contribution in [3.8, 4) is 5.75 Å². The Labute approximate surface area is 203 Å². The smallest absolute Gasteiger partial charge is 0.301 e. The van der Waals surface area contributed by atoms with Gasteiger partial charge >= 0.3 is 5.91 Å². The number of ketones is 1. The molecule has 2 aliphatic rings. The van der Waals surface area contributed by atoms with Gasteiger partial charge in [-0.3, -0.25) is 14.5 Å². The lowest BCUT2D eigenvalue weighted by Gasteiger charge is -2.21. The normalized spacial score (nSPS) is 21.3. The van der Waals surface area contributed by atoms with Gasteiger partial charge in [0.05, 0.1) is 15.8 Å². The predicted octanol–water partition coefficient (Wildman–Crippen LogP) is 5.62. The Balaban J connectivity index is 1.51. The Morgan fingerprint density at radius 2 is 2.03 bits per heavy atom.